The Hall–Kier alpha value is -3.03. The number of carbonyl (C=O) groups is 1. The zero-order valence-electron chi connectivity index (χ0n) is 17.8. The highest BCUT2D eigenvalue weighted by Crippen LogP contribution is 2.27. The molecule has 3 aromatic carbocycles. The van der Waals surface area contributed by atoms with Gasteiger partial charge in [-0.25, -0.2) is 0 Å². The molecule has 4 aromatic rings. The molecule has 0 saturated carbocycles. The minimum Gasteiger partial charge on any atom is -0.484 e. The van der Waals surface area contributed by atoms with Gasteiger partial charge in [0, 0.05) is 17.6 Å². The zero-order valence-corrected chi connectivity index (χ0v) is 19.4. The summed E-state index contributed by atoms with van der Waals surface area (Å²) in [4.78, 5) is 12.6. The molecule has 1 heterocycles. The number of fused-ring (bicyclic) bond motifs is 1. The molecule has 0 unspecified atom stereocenters. The van der Waals surface area contributed by atoms with E-state index in [1.165, 1.54) is 11.8 Å². The maximum absolute atomic E-state index is 12.6. The Morgan fingerprint density at radius 3 is 2.78 bits per heavy atom. The number of carbonyl (C=O) groups excluding carboxylic acids is 1. The number of halogens is 1. The van der Waals surface area contributed by atoms with Crippen molar-refractivity contribution in [2.75, 3.05) is 11.1 Å². The fraction of sp³-hybridized carbons (Fsp3) is 0.208. The number of aromatic nitrogens is 3. The third kappa shape index (κ3) is 5.06. The number of nitrogens with zero attached hydrogens (tertiary/aromatic N) is 3. The smallest absolute Gasteiger partial charge is 0.234 e. The van der Waals surface area contributed by atoms with Gasteiger partial charge in [0.05, 0.1) is 10.8 Å². The van der Waals surface area contributed by atoms with Crippen molar-refractivity contribution in [2.24, 2.45) is 0 Å². The third-order valence-corrected chi connectivity index (χ3v) is 6.23. The fourth-order valence-electron chi connectivity index (χ4n) is 3.36. The predicted molar refractivity (Wildman–Crippen MR) is 130 cm³/mol. The first-order valence-electron chi connectivity index (χ1n) is 10.3. The Morgan fingerprint density at radius 1 is 1.12 bits per heavy atom. The van der Waals surface area contributed by atoms with Gasteiger partial charge in [-0.1, -0.05) is 65.8 Å². The number of aryl methyl sites for hydroxylation is 1. The molecule has 0 fully saturated rings. The van der Waals surface area contributed by atoms with Crippen molar-refractivity contribution in [3.05, 3.63) is 77.1 Å². The van der Waals surface area contributed by atoms with Crippen LogP contribution >= 0.6 is 23.4 Å². The zero-order chi connectivity index (χ0) is 22.5. The number of amides is 1. The molecule has 0 spiro atoms. The summed E-state index contributed by atoms with van der Waals surface area (Å²) in [7, 11) is 0. The summed E-state index contributed by atoms with van der Waals surface area (Å²) in [6.45, 7) is 4.90. The van der Waals surface area contributed by atoms with E-state index in [1.54, 1.807) is 0 Å². The van der Waals surface area contributed by atoms with Gasteiger partial charge in [-0.15, -0.1) is 10.2 Å². The average molecular weight is 467 g/mol. The molecule has 1 aromatic heterocycles. The minimum absolute atomic E-state index is 0.0960. The standard InChI is InChI=1S/C24H23ClN4O2S/c1-3-29-22(14-31-21-13-16(2)11-12-19(21)25)27-28-24(29)32-15-23(30)26-20-10-6-8-17-7-4-5-9-18(17)20/h4-13H,3,14-15H2,1-2H3,(H,26,30). The van der Waals surface area contributed by atoms with E-state index in [4.69, 9.17) is 16.3 Å². The molecule has 1 N–H and O–H groups in total. The van der Waals surface area contributed by atoms with Gasteiger partial charge < -0.3 is 14.6 Å². The summed E-state index contributed by atoms with van der Waals surface area (Å²) in [5.41, 5.74) is 1.87. The Morgan fingerprint density at radius 2 is 1.94 bits per heavy atom. The van der Waals surface area contributed by atoms with Crippen LogP contribution < -0.4 is 10.1 Å². The highest BCUT2D eigenvalue weighted by molar-refractivity contribution is 7.99. The number of rotatable bonds is 8. The second kappa shape index (κ2) is 10.1. The van der Waals surface area contributed by atoms with Crippen LogP contribution in [0.15, 0.2) is 65.8 Å². The van der Waals surface area contributed by atoms with E-state index < -0.39 is 0 Å². The molecule has 0 aliphatic heterocycles. The molecule has 8 heteroatoms. The van der Waals surface area contributed by atoms with Crippen LogP contribution in [-0.2, 0) is 17.9 Å². The van der Waals surface area contributed by atoms with Crippen molar-refractivity contribution >= 4 is 45.7 Å². The van der Waals surface area contributed by atoms with Crippen LogP contribution in [0.1, 0.15) is 18.3 Å². The normalized spacial score (nSPS) is 11.0. The average Bonchev–Trinajstić information content (AvgIpc) is 3.20. The maximum atomic E-state index is 12.6. The first-order chi connectivity index (χ1) is 15.5. The molecule has 0 saturated heterocycles. The molecule has 0 atom stereocenters. The number of hydrogen-bond acceptors (Lipinski definition) is 5. The molecule has 6 nitrogen and oxygen atoms in total. The molecule has 1 amide bonds. The quantitative estimate of drug-likeness (QED) is 0.336. The molecule has 0 aliphatic carbocycles. The van der Waals surface area contributed by atoms with Crippen molar-refractivity contribution < 1.29 is 9.53 Å². The minimum atomic E-state index is -0.0960. The third-order valence-electron chi connectivity index (χ3n) is 4.95. The van der Waals surface area contributed by atoms with Crippen LogP contribution in [-0.4, -0.2) is 26.4 Å². The molecule has 4 rings (SSSR count). The number of anilines is 1. The van der Waals surface area contributed by atoms with E-state index in [0.717, 1.165) is 22.0 Å². The highest BCUT2D eigenvalue weighted by atomic mass is 35.5. The molecule has 0 bridgehead atoms. The van der Waals surface area contributed by atoms with Crippen LogP contribution in [0.3, 0.4) is 0 Å². The SMILES string of the molecule is CCn1c(COc2cc(C)ccc2Cl)nnc1SCC(=O)Nc1cccc2ccccc12. The number of thioether (sulfide) groups is 1. The number of nitrogens with one attached hydrogen (secondary N) is 1. The Bertz CT molecular complexity index is 1250. The van der Waals surface area contributed by atoms with E-state index >= 15 is 0 Å². The number of benzene rings is 3. The van der Waals surface area contributed by atoms with E-state index in [2.05, 4.69) is 15.5 Å². The molecule has 164 valence electrons. The summed E-state index contributed by atoms with van der Waals surface area (Å²) in [6.07, 6.45) is 0. The van der Waals surface area contributed by atoms with Crippen molar-refractivity contribution in [3.8, 4) is 5.75 Å². The number of hydrogen-bond donors (Lipinski definition) is 1. The summed E-state index contributed by atoms with van der Waals surface area (Å²) in [5, 5.41) is 14.8. The van der Waals surface area contributed by atoms with Crippen LogP contribution in [0.4, 0.5) is 5.69 Å². The predicted octanol–water partition coefficient (Wildman–Crippen LogP) is 5.72. The van der Waals surface area contributed by atoms with Gasteiger partial charge in [0.1, 0.15) is 12.4 Å². The first kappa shape index (κ1) is 22.2. The topological polar surface area (TPSA) is 69.0 Å². The van der Waals surface area contributed by atoms with Gasteiger partial charge in [-0.2, -0.15) is 0 Å². The van der Waals surface area contributed by atoms with Gasteiger partial charge >= 0.3 is 0 Å². The van der Waals surface area contributed by atoms with E-state index in [-0.39, 0.29) is 18.3 Å². The monoisotopic (exact) mass is 466 g/mol. The van der Waals surface area contributed by atoms with Crippen LogP contribution in [0.5, 0.6) is 5.75 Å². The largest absolute Gasteiger partial charge is 0.484 e. The van der Waals surface area contributed by atoms with E-state index in [9.17, 15) is 4.79 Å². The molecular weight excluding hydrogens is 444 g/mol. The van der Waals surface area contributed by atoms with Crippen LogP contribution in [0, 0.1) is 6.92 Å². The molecule has 32 heavy (non-hydrogen) atoms. The van der Waals surface area contributed by atoms with Crippen molar-refractivity contribution in [2.45, 2.75) is 32.2 Å². The summed E-state index contributed by atoms with van der Waals surface area (Å²) >= 11 is 7.56. The van der Waals surface area contributed by atoms with Gasteiger partial charge in [-0.3, -0.25) is 4.79 Å². The fourth-order valence-corrected chi connectivity index (χ4v) is 4.36. The van der Waals surface area contributed by atoms with Gasteiger partial charge in [0.25, 0.3) is 0 Å². The maximum Gasteiger partial charge on any atom is 0.234 e. The van der Waals surface area contributed by atoms with Gasteiger partial charge in [0.15, 0.2) is 11.0 Å². The van der Waals surface area contributed by atoms with Gasteiger partial charge in [0.2, 0.25) is 5.91 Å². The lowest BCUT2D eigenvalue weighted by molar-refractivity contribution is -0.113. The van der Waals surface area contributed by atoms with Crippen LogP contribution in [0.2, 0.25) is 5.02 Å². The lowest BCUT2D eigenvalue weighted by atomic mass is 10.1. The Kier molecular flexibility index (Phi) is 6.97. The number of ether oxygens (including phenoxy) is 1. The van der Waals surface area contributed by atoms with Crippen LogP contribution in [0.25, 0.3) is 10.8 Å². The van der Waals surface area contributed by atoms with E-state index in [1.807, 2.05) is 79.1 Å². The van der Waals surface area contributed by atoms with Gasteiger partial charge in [-0.05, 0) is 43.0 Å². The van der Waals surface area contributed by atoms with Crippen molar-refractivity contribution in [1.29, 1.82) is 0 Å². The lowest BCUT2D eigenvalue weighted by Crippen LogP contribution is -2.15. The van der Waals surface area contributed by atoms with Crippen molar-refractivity contribution in [1.82, 2.24) is 14.8 Å². The van der Waals surface area contributed by atoms with Crippen molar-refractivity contribution in [3.63, 3.8) is 0 Å². The molecule has 0 radical (unpaired) electrons. The Labute approximate surface area is 195 Å². The molecular formula is C24H23ClN4O2S. The summed E-state index contributed by atoms with van der Waals surface area (Å²) < 4.78 is 7.81. The second-order valence-corrected chi connectivity index (χ2v) is 8.58. The van der Waals surface area contributed by atoms with E-state index in [0.29, 0.717) is 28.3 Å². The first-order valence-corrected chi connectivity index (χ1v) is 11.6. The lowest BCUT2D eigenvalue weighted by Gasteiger charge is -2.11. The second-order valence-electron chi connectivity index (χ2n) is 7.23. The highest BCUT2D eigenvalue weighted by Gasteiger charge is 2.15. The summed E-state index contributed by atoms with van der Waals surface area (Å²) in [6, 6.07) is 19.5. The molecule has 0 aliphatic rings. The summed E-state index contributed by atoms with van der Waals surface area (Å²) in [5.74, 6) is 1.43. The Balaban J connectivity index is 1.39.